The highest BCUT2D eigenvalue weighted by atomic mass is 19.4. The fourth-order valence-electron chi connectivity index (χ4n) is 4.03. The van der Waals surface area contributed by atoms with Gasteiger partial charge in [-0.25, -0.2) is 15.3 Å². The lowest BCUT2D eigenvalue weighted by atomic mass is 10.0. The first kappa shape index (κ1) is 24.0. The van der Waals surface area contributed by atoms with E-state index in [2.05, 4.69) is 25.4 Å². The van der Waals surface area contributed by atoms with Crippen molar-refractivity contribution in [2.75, 3.05) is 19.6 Å². The molecule has 34 heavy (non-hydrogen) atoms. The molecule has 2 aromatic rings. The molecule has 4 rings (SSSR count). The monoisotopic (exact) mass is 476 g/mol. The Morgan fingerprint density at radius 2 is 1.82 bits per heavy atom. The highest BCUT2D eigenvalue weighted by molar-refractivity contribution is 5.99. The molecule has 0 radical (unpaired) electrons. The number of nitrogens with zero attached hydrogens (tertiary/aromatic N) is 2. The van der Waals surface area contributed by atoms with E-state index in [1.165, 1.54) is 29.8 Å². The van der Waals surface area contributed by atoms with Crippen LogP contribution >= 0.6 is 0 Å². The highest BCUT2D eigenvalue weighted by Gasteiger charge is 2.40. The number of amides is 1. The zero-order valence-electron chi connectivity index (χ0n) is 19.0. The maximum Gasteiger partial charge on any atom is 0.573 e. The number of hydrogen-bond acceptors (Lipinski definition) is 6. The number of aliphatic imine (C=N–C) groups is 1. The van der Waals surface area contributed by atoms with Gasteiger partial charge in [0.1, 0.15) is 5.75 Å². The van der Waals surface area contributed by atoms with Crippen LogP contribution in [0.5, 0.6) is 5.75 Å². The third-order valence-corrected chi connectivity index (χ3v) is 5.97. The van der Waals surface area contributed by atoms with Gasteiger partial charge in [-0.3, -0.25) is 9.69 Å². The molecule has 1 atom stereocenters. The molecule has 0 bridgehead atoms. The number of carbonyl (C=O) groups is 1. The molecule has 1 amide bonds. The molecule has 2 aliphatic heterocycles. The van der Waals surface area contributed by atoms with Crippen LogP contribution in [0.3, 0.4) is 0 Å². The molecule has 2 aliphatic rings. The number of aryl methyl sites for hydroxylation is 1. The number of alkyl halides is 3. The van der Waals surface area contributed by atoms with Gasteiger partial charge in [0.25, 0.3) is 0 Å². The first-order valence-electron chi connectivity index (χ1n) is 11.1. The number of ether oxygens (including phenoxy) is 1. The Hall–Kier alpha value is -3.11. The van der Waals surface area contributed by atoms with Crippen LogP contribution in [0.4, 0.5) is 13.2 Å². The summed E-state index contributed by atoms with van der Waals surface area (Å²) in [5.74, 6) is 0.116. The van der Waals surface area contributed by atoms with Crippen LogP contribution in [0.2, 0.25) is 0 Å². The number of nitrogens with one attached hydrogen (secondary N) is 2. The Kier molecular flexibility index (Phi) is 6.81. The van der Waals surface area contributed by atoms with Crippen molar-refractivity contribution in [3.05, 3.63) is 65.2 Å². The van der Waals surface area contributed by atoms with E-state index in [4.69, 9.17) is 4.84 Å². The maximum atomic E-state index is 12.5. The molecule has 10 heteroatoms. The predicted octanol–water partition coefficient (Wildman–Crippen LogP) is 3.84. The van der Waals surface area contributed by atoms with E-state index in [1.807, 2.05) is 38.1 Å². The fourth-order valence-corrected chi connectivity index (χ4v) is 4.03. The van der Waals surface area contributed by atoms with Gasteiger partial charge in [-0.2, -0.15) is 0 Å². The predicted molar refractivity (Wildman–Crippen MR) is 120 cm³/mol. The SMILES string of the molecule is Cc1ccc([C@@H](C)NC(=O)CN2CCC3(CC2)N=C(c2ccc(OC(F)(F)F)cc2)NO3)cc1. The largest absolute Gasteiger partial charge is 0.573 e. The summed E-state index contributed by atoms with van der Waals surface area (Å²) in [6, 6.07) is 13.5. The van der Waals surface area contributed by atoms with Crippen LogP contribution in [-0.4, -0.2) is 48.4 Å². The average molecular weight is 476 g/mol. The van der Waals surface area contributed by atoms with Crippen LogP contribution in [0, 0.1) is 6.92 Å². The third-order valence-electron chi connectivity index (χ3n) is 5.97. The van der Waals surface area contributed by atoms with Crippen LogP contribution < -0.4 is 15.5 Å². The molecule has 7 nitrogen and oxygen atoms in total. The van der Waals surface area contributed by atoms with Gasteiger partial charge in [0, 0.05) is 31.5 Å². The van der Waals surface area contributed by atoms with Gasteiger partial charge in [0.15, 0.2) is 11.6 Å². The van der Waals surface area contributed by atoms with Crippen molar-refractivity contribution in [2.24, 2.45) is 4.99 Å². The Bertz CT molecular complexity index is 1030. The number of hydroxylamine groups is 1. The summed E-state index contributed by atoms with van der Waals surface area (Å²) in [5, 5.41) is 3.04. The van der Waals surface area contributed by atoms with Crippen molar-refractivity contribution in [3.8, 4) is 5.75 Å². The second-order valence-corrected chi connectivity index (χ2v) is 8.66. The molecule has 0 aromatic heterocycles. The Labute approximate surface area is 195 Å². The van der Waals surface area contributed by atoms with Gasteiger partial charge in [0.2, 0.25) is 5.91 Å². The lowest BCUT2D eigenvalue weighted by Crippen LogP contribution is -2.47. The van der Waals surface area contributed by atoms with Gasteiger partial charge in [0.05, 0.1) is 12.6 Å². The zero-order chi connectivity index (χ0) is 24.3. The third kappa shape index (κ3) is 6.06. The molecule has 2 aromatic carbocycles. The number of piperidine rings is 1. The Morgan fingerprint density at radius 3 is 2.44 bits per heavy atom. The molecular formula is C24H27F3N4O3. The second kappa shape index (κ2) is 9.63. The molecule has 182 valence electrons. The van der Waals surface area contributed by atoms with Gasteiger partial charge in [-0.15, -0.1) is 13.2 Å². The summed E-state index contributed by atoms with van der Waals surface area (Å²) in [5.41, 5.74) is 4.87. The molecule has 2 heterocycles. The highest BCUT2D eigenvalue weighted by Crippen LogP contribution is 2.31. The van der Waals surface area contributed by atoms with Crippen molar-refractivity contribution in [1.29, 1.82) is 0 Å². The minimum absolute atomic E-state index is 0.0418. The van der Waals surface area contributed by atoms with E-state index in [0.717, 1.165) is 5.56 Å². The summed E-state index contributed by atoms with van der Waals surface area (Å²) in [7, 11) is 0. The number of carbonyl (C=O) groups excluding carboxylic acids is 1. The van der Waals surface area contributed by atoms with Crippen molar-refractivity contribution >= 4 is 11.7 Å². The number of halogens is 3. The van der Waals surface area contributed by atoms with Crippen molar-refractivity contribution in [1.82, 2.24) is 15.7 Å². The van der Waals surface area contributed by atoms with E-state index < -0.39 is 12.1 Å². The Morgan fingerprint density at radius 1 is 1.18 bits per heavy atom. The van der Waals surface area contributed by atoms with E-state index in [9.17, 15) is 18.0 Å². The second-order valence-electron chi connectivity index (χ2n) is 8.66. The van der Waals surface area contributed by atoms with Crippen LogP contribution in [0.25, 0.3) is 0 Å². The summed E-state index contributed by atoms with van der Waals surface area (Å²) in [4.78, 5) is 25.0. The lowest BCUT2D eigenvalue weighted by molar-refractivity contribution is -0.274. The summed E-state index contributed by atoms with van der Waals surface area (Å²) in [6.45, 7) is 5.53. The quantitative estimate of drug-likeness (QED) is 0.663. The van der Waals surface area contributed by atoms with E-state index in [0.29, 0.717) is 37.3 Å². The molecular weight excluding hydrogens is 449 g/mol. The number of amidine groups is 1. The summed E-state index contributed by atoms with van der Waals surface area (Å²) in [6.07, 6.45) is -3.57. The van der Waals surface area contributed by atoms with E-state index in [-0.39, 0.29) is 24.2 Å². The zero-order valence-corrected chi connectivity index (χ0v) is 19.0. The summed E-state index contributed by atoms with van der Waals surface area (Å²) >= 11 is 0. The lowest BCUT2D eigenvalue weighted by Gasteiger charge is -2.35. The van der Waals surface area contributed by atoms with Gasteiger partial charge in [-0.1, -0.05) is 29.8 Å². The minimum Gasteiger partial charge on any atom is -0.406 e. The Balaban J connectivity index is 1.28. The molecule has 2 N–H and O–H groups in total. The number of likely N-dealkylation sites (tertiary alicyclic amines) is 1. The van der Waals surface area contributed by atoms with Gasteiger partial charge < -0.3 is 10.1 Å². The van der Waals surface area contributed by atoms with Crippen LogP contribution in [0.15, 0.2) is 53.5 Å². The van der Waals surface area contributed by atoms with Crippen molar-refractivity contribution < 1.29 is 27.5 Å². The number of benzene rings is 2. The normalized spacial score (nSPS) is 18.8. The number of rotatable bonds is 6. The summed E-state index contributed by atoms with van der Waals surface area (Å²) < 4.78 is 40.9. The molecule has 0 unspecified atom stereocenters. The molecule has 1 saturated heterocycles. The van der Waals surface area contributed by atoms with Gasteiger partial charge >= 0.3 is 6.36 Å². The average Bonchev–Trinajstić information content (AvgIpc) is 3.19. The van der Waals surface area contributed by atoms with Crippen LogP contribution in [0.1, 0.15) is 42.5 Å². The maximum absolute atomic E-state index is 12.5. The fraction of sp³-hybridized carbons (Fsp3) is 0.417. The molecule has 0 saturated carbocycles. The van der Waals surface area contributed by atoms with E-state index in [1.54, 1.807) is 0 Å². The molecule has 0 aliphatic carbocycles. The first-order chi connectivity index (χ1) is 16.1. The standard InChI is InChI=1S/C24H27F3N4O3/c1-16-3-5-18(6-4-16)17(2)28-21(32)15-31-13-11-23(12-14-31)29-22(30-34-23)19-7-9-20(10-8-19)33-24(25,26)27/h3-10,17H,11-15H2,1-2H3,(H,28,32)(H,29,30)/t17-/m1/s1. The topological polar surface area (TPSA) is 75.2 Å². The number of hydrogen-bond donors (Lipinski definition) is 2. The van der Waals surface area contributed by atoms with Crippen molar-refractivity contribution in [3.63, 3.8) is 0 Å². The first-order valence-corrected chi connectivity index (χ1v) is 11.1. The van der Waals surface area contributed by atoms with Gasteiger partial charge in [-0.05, 0) is 43.7 Å². The smallest absolute Gasteiger partial charge is 0.406 e. The minimum atomic E-state index is -4.73. The van der Waals surface area contributed by atoms with Crippen LogP contribution in [-0.2, 0) is 9.63 Å². The molecule has 1 spiro atoms. The van der Waals surface area contributed by atoms with Crippen molar-refractivity contribution in [2.45, 2.75) is 44.8 Å². The van der Waals surface area contributed by atoms with E-state index >= 15 is 0 Å². The molecule has 1 fully saturated rings.